The fraction of sp³-hybridized carbons (Fsp3) is 0.429. The van der Waals surface area contributed by atoms with Crippen molar-refractivity contribution in [2.45, 2.75) is 27.2 Å². The topological polar surface area (TPSA) is 42.7 Å². The molecule has 2 rings (SSSR count). The normalized spacial score (nSPS) is 11.6. The Kier molecular flexibility index (Phi) is 4.10. The summed E-state index contributed by atoms with van der Waals surface area (Å²) in [5, 5.41) is 8.23. The number of anilines is 1. The predicted molar refractivity (Wildman–Crippen MR) is 78.9 cm³/mol. The van der Waals surface area contributed by atoms with Crippen LogP contribution in [0.2, 0.25) is 5.02 Å². The first-order chi connectivity index (χ1) is 8.97. The lowest BCUT2D eigenvalue weighted by Gasteiger charge is -2.19. The van der Waals surface area contributed by atoms with Gasteiger partial charge >= 0.3 is 0 Å². The molecule has 5 heteroatoms. The van der Waals surface area contributed by atoms with E-state index in [-0.39, 0.29) is 0 Å². The Bertz CT molecular complexity index is 529. The van der Waals surface area contributed by atoms with Crippen molar-refractivity contribution in [3.8, 4) is 5.69 Å². The summed E-state index contributed by atoms with van der Waals surface area (Å²) in [5.41, 5.74) is 2.12. The quantitative estimate of drug-likeness (QED) is 0.926. The third kappa shape index (κ3) is 3.70. The third-order valence-corrected chi connectivity index (χ3v) is 3.13. The van der Waals surface area contributed by atoms with E-state index >= 15 is 0 Å². The second-order valence-corrected chi connectivity index (χ2v) is 6.12. The van der Waals surface area contributed by atoms with Crippen LogP contribution in [0.3, 0.4) is 0 Å². The van der Waals surface area contributed by atoms with Crippen LogP contribution in [0.4, 0.5) is 5.69 Å². The van der Waals surface area contributed by atoms with Gasteiger partial charge in [0.2, 0.25) is 0 Å². The maximum atomic E-state index is 6.26. The molecule has 2 aromatic rings. The summed E-state index contributed by atoms with van der Waals surface area (Å²) < 4.78 is 1.68. The molecule has 102 valence electrons. The Labute approximate surface area is 118 Å². The zero-order valence-electron chi connectivity index (χ0n) is 11.5. The second kappa shape index (κ2) is 5.61. The molecule has 0 atom stereocenters. The lowest BCUT2D eigenvalue weighted by molar-refractivity contribution is 0.390. The van der Waals surface area contributed by atoms with Gasteiger partial charge in [-0.25, -0.2) is 9.67 Å². The number of nitrogens with one attached hydrogen (secondary N) is 1. The van der Waals surface area contributed by atoms with E-state index in [1.54, 1.807) is 11.0 Å². The fourth-order valence-corrected chi connectivity index (χ4v) is 2.05. The molecule has 0 aliphatic heterocycles. The Morgan fingerprint density at radius 1 is 1.32 bits per heavy atom. The van der Waals surface area contributed by atoms with Gasteiger partial charge < -0.3 is 5.32 Å². The number of benzene rings is 1. The van der Waals surface area contributed by atoms with E-state index in [4.69, 9.17) is 11.6 Å². The Hall–Kier alpha value is -1.55. The number of halogens is 1. The van der Waals surface area contributed by atoms with Gasteiger partial charge in [0.15, 0.2) is 0 Å². The van der Waals surface area contributed by atoms with Crippen LogP contribution >= 0.6 is 11.6 Å². The standard InChI is InChI=1S/C14H19ClN4/c1-14(2,3)7-8-17-12-6-4-5-11(15)13(12)19-10-16-9-18-19/h4-6,9-10,17H,7-8H2,1-3H3. The molecule has 0 aliphatic carbocycles. The minimum atomic E-state index is 0.305. The monoisotopic (exact) mass is 278 g/mol. The number of para-hydroxylation sites is 1. The van der Waals surface area contributed by atoms with Gasteiger partial charge in [0.05, 0.1) is 10.7 Å². The Morgan fingerprint density at radius 3 is 2.74 bits per heavy atom. The van der Waals surface area contributed by atoms with Crippen LogP contribution < -0.4 is 5.32 Å². The predicted octanol–water partition coefficient (Wildman–Crippen LogP) is 3.77. The van der Waals surface area contributed by atoms with E-state index in [0.717, 1.165) is 24.3 Å². The molecule has 1 heterocycles. The number of rotatable bonds is 4. The van der Waals surface area contributed by atoms with E-state index in [9.17, 15) is 0 Å². The SMILES string of the molecule is CC(C)(C)CCNc1cccc(Cl)c1-n1cncn1. The van der Waals surface area contributed by atoms with E-state index in [2.05, 4.69) is 36.2 Å². The van der Waals surface area contributed by atoms with Gasteiger partial charge in [-0.1, -0.05) is 38.4 Å². The summed E-state index contributed by atoms with van der Waals surface area (Å²) >= 11 is 6.26. The number of nitrogens with zero attached hydrogens (tertiary/aromatic N) is 3. The van der Waals surface area contributed by atoms with Crippen molar-refractivity contribution in [2.75, 3.05) is 11.9 Å². The van der Waals surface area contributed by atoms with Crippen LogP contribution in [0.15, 0.2) is 30.9 Å². The number of aromatic nitrogens is 3. The summed E-state index contributed by atoms with van der Waals surface area (Å²) in [5.74, 6) is 0. The van der Waals surface area contributed by atoms with Gasteiger partial charge in [-0.15, -0.1) is 0 Å². The molecule has 1 aromatic carbocycles. The molecule has 1 N–H and O–H groups in total. The fourth-order valence-electron chi connectivity index (χ4n) is 1.79. The van der Waals surface area contributed by atoms with Crippen molar-refractivity contribution in [2.24, 2.45) is 5.41 Å². The molecule has 0 radical (unpaired) electrons. The lowest BCUT2D eigenvalue weighted by Crippen LogP contribution is -2.14. The molecule has 4 nitrogen and oxygen atoms in total. The first-order valence-corrected chi connectivity index (χ1v) is 6.72. The van der Waals surface area contributed by atoms with Crippen molar-refractivity contribution in [3.05, 3.63) is 35.9 Å². The highest BCUT2D eigenvalue weighted by Gasteiger charge is 2.12. The molecular formula is C14H19ClN4. The minimum Gasteiger partial charge on any atom is -0.383 e. The molecule has 19 heavy (non-hydrogen) atoms. The summed E-state index contributed by atoms with van der Waals surface area (Å²) in [4.78, 5) is 3.97. The minimum absolute atomic E-state index is 0.305. The van der Waals surface area contributed by atoms with Crippen molar-refractivity contribution in [3.63, 3.8) is 0 Å². The lowest BCUT2D eigenvalue weighted by atomic mass is 9.92. The number of hydrogen-bond acceptors (Lipinski definition) is 3. The highest BCUT2D eigenvalue weighted by Crippen LogP contribution is 2.28. The smallest absolute Gasteiger partial charge is 0.138 e. The first-order valence-electron chi connectivity index (χ1n) is 6.35. The molecule has 0 spiro atoms. The maximum absolute atomic E-state index is 6.26. The molecule has 0 unspecified atom stereocenters. The van der Waals surface area contributed by atoms with E-state index in [1.807, 2.05) is 18.2 Å². The summed E-state index contributed by atoms with van der Waals surface area (Å²) in [6.45, 7) is 7.58. The summed E-state index contributed by atoms with van der Waals surface area (Å²) in [7, 11) is 0. The average Bonchev–Trinajstić information content (AvgIpc) is 2.80. The molecule has 0 saturated carbocycles. The highest BCUT2D eigenvalue weighted by atomic mass is 35.5. The average molecular weight is 279 g/mol. The second-order valence-electron chi connectivity index (χ2n) is 5.71. The van der Waals surface area contributed by atoms with Gasteiger partial charge in [-0.05, 0) is 24.0 Å². The van der Waals surface area contributed by atoms with Gasteiger partial charge in [0.1, 0.15) is 18.3 Å². The molecule has 0 saturated heterocycles. The molecular weight excluding hydrogens is 260 g/mol. The maximum Gasteiger partial charge on any atom is 0.138 e. The van der Waals surface area contributed by atoms with Crippen molar-refractivity contribution in [1.29, 1.82) is 0 Å². The molecule has 1 aromatic heterocycles. The molecule has 0 amide bonds. The third-order valence-electron chi connectivity index (χ3n) is 2.83. The van der Waals surface area contributed by atoms with Gasteiger partial charge in [-0.2, -0.15) is 5.10 Å². The van der Waals surface area contributed by atoms with Crippen LogP contribution in [0.5, 0.6) is 0 Å². The van der Waals surface area contributed by atoms with Gasteiger partial charge in [0.25, 0.3) is 0 Å². The highest BCUT2D eigenvalue weighted by molar-refractivity contribution is 6.33. The van der Waals surface area contributed by atoms with Crippen LogP contribution in [0.25, 0.3) is 5.69 Å². The van der Waals surface area contributed by atoms with Crippen LogP contribution in [-0.4, -0.2) is 21.3 Å². The molecule has 0 fully saturated rings. The van der Waals surface area contributed by atoms with E-state index < -0.39 is 0 Å². The summed E-state index contributed by atoms with van der Waals surface area (Å²) in [6.07, 6.45) is 4.23. The van der Waals surface area contributed by atoms with Crippen LogP contribution in [-0.2, 0) is 0 Å². The van der Waals surface area contributed by atoms with E-state index in [1.165, 1.54) is 6.33 Å². The van der Waals surface area contributed by atoms with E-state index in [0.29, 0.717) is 10.4 Å². The Morgan fingerprint density at radius 2 is 2.11 bits per heavy atom. The van der Waals surface area contributed by atoms with Crippen molar-refractivity contribution < 1.29 is 0 Å². The van der Waals surface area contributed by atoms with Crippen LogP contribution in [0, 0.1) is 5.41 Å². The molecule has 0 aliphatic rings. The van der Waals surface area contributed by atoms with Gasteiger partial charge in [-0.3, -0.25) is 0 Å². The molecule has 0 bridgehead atoms. The largest absolute Gasteiger partial charge is 0.383 e. The first kappa shape index (κ1) is 13.9. The van der Waals surface area contributed by atoms with Crippen molar-refractivity contribution >= 4 is 17.3 Å². The zero-order chi connectivity index (χ0) is 13.9. The van der Waals surface area contributed by atoms with Crippen molar-refractivity contribution in [1.82, 2.24) is 14.8 Å². The zero-order valence-corrected chi connectivity index (χ0v) is 12.3. The Balaban J connectivity index is 2.19. The number of hydrogen-bond donors (Lipinski definition) is 1. The summed E-state index contributed by atoms with van der Waals surface area (Å²) in [6, 6.07) is 5.79. The van der Waals surface area contributed by atoms with Gasteiger partial charge in [0, 0.05) is 6.54 Å². The van der Waals surface area contributed by atoms with Crippen LogP contribution in [0.1, 0.15) is 27.2 Å².